The van der Waals surface area contributed by atoms with E-state index in [0.29, 0.717) is 5.95 Å². The number of benzene rings is 2. The minimum absolute atomic E-state index is 0.223. The minimum Gasteiger partial charge on any atom is -0.353 e. The molecule has 182 valence electrons. The number of hydrogen-bond acceptors (Lipinski definition) is 9. The van der Waals surface area contributed by atoms with Gasteiger partial charge in [0, 0.05) is 55.1 Å². The third-order valence-corrected chi connectivity index (χ3v) is 6.59. The highest BCUT2D eigenvalue weighted by Gasteiger charge is 2.18. The third kappa shape index (κ3) is 4.20. The van der Waals surface area contributed by atoms with Gasteiger partial charge in [-0.15, -0.1) is 5.10 Å². The molecule has 1 fully saturated rings. The molecule has 6 rings (SSSR count). The average molecular weight is 481 g/mol. The first-order valence-electron chi connectivity index (χ1n) is 12.2. The zero-order valence-electron chi connectivity index (χ0n) is 20.6. The first-order chi connectivity index (χ1) is 17.5. The highest BCUT2D eigenvalue weighted by Crippen LogP contribution is 2.28. The molecule has 10 heteroatoms. The standard InChI is InChI=1S/C26H28N10/c1-17(2)36-24-14-18(4-7-22(24)32-33-36)21-8-9-27-26(31-21)30-19-5-6-20-23(15-19)28-16-29-25(20)35-12-10-34(3)11-13-35/h4-9,14-17H,10-13H2,1-3H3,(H,27,30,31). The van der Waals surface area contributed by atoms with E-state index in [4.69, 9.17) is 4.98 Å². The Morgan fingerprint density at radius 3 is 2.58 bits per heavy atom. The molecule has 1 aliphatic heterocycles. The zero-order valence-corrected chi connectivity index (χ0v) is 20.6. The van der Waals surface area contributed by atoms with E-state index in [2.05, 4.69) is 73.4 Å². The molecule has 36 heavy (non-hydrogen) atoms. The van der Waals surface area contributed by atoms with Crippen LogP contribution in [0.15, 0.2) is 55.0 Å². The fourth-order valence-electron chi connectivity index (χ4n) is 4.58. The molecule has 0 amide bonds. The lowest BCUT2D eigenvalue weighted by Gasteiger charge is -2.33. The number of piperazine rings is 1. The minimum atomic E-state index is 0.223. The van der Waals surface area contributed by atoms with Crippen molar-refractivity contribution in [3.8, 4) is 11.3 Å². The molecule has 5 aromatic rings. The van der Waals surface area contributed by atoms with E-state index >= 15 is 0 Å². The topological polar surface area (TPSA) is 101 Å². The van der Waals surface area contributed by atoms with Crippen LogP contribution < -0.4 is 10.2 Å². The molecule has 0 saturated carbocycles. The first-order valence-corrected chi connectivity index (χ1v) is 12.2. The summed E-state index contributed by atoms with van der Waals surface area (Å²) in [4.78, 5) is 23.0. The van der Waals surface area contributed by atoms with Gasteiger partial charge in [-0.3, -0.25) is 0 Å². The average Bonchev–Trinajstić information content (AvgIpc) is 3.33. The molecule has 0 aliphatic carbocycles. The van der Waals surface area contributed by atoms with Gasteiger partial charge in [-0.1, -0.05) is 11.3 Å². The van der Waals surface area contributed by atoms with Crippen molar-refractivity contribution in [3.63, 3.8) is 0 Å². The van der Waals surface area contributed by atoms with Gasteiger partial charge in [0.25, 0.3) is 0 Å². The van der Waals surface area contributed by atoms with E-state index in [-0.39, 0.29) is 6.04 Å². The number of anilines is 3. The summed E-state index contributed by atoms with van der Waals surface area (Å²) in [6.07, 6.45) is 3.41. The van der Waals surface area contributed by atoms with Crippen molar-refractivity contribution in [2.75, 3.05) is 43.4 Å². The summed E-state index contributed by atoms with van der Waals surface area (Å²) < 4.78 is 1.92. The van der Waals surface area contributed by atoms with Crippen molar-refractivity contribution >= 4 is 39.4 Å². The normalized spacial score (nSPS) is 14.7. The van der Waals surface area contributed by atoms with E-state index in [9.17, 15) is 0 Å². The Bertz CT molecular complexity index is 1530. The number of fused-ring (bicyclic) bond motifs is 2. The van der Waals surface area contributed by atoms with Gasteiger partial charge in [-0.25, -0.2) is 24.6 Å². The van der Waals surface area contributed by atoms with E-state index in [0.717, 1.165) is 70.9 Å². The Balaban J connectivity index is 1.27. The fourth-order valence-corrected chi connectivity index (χ4v) is 4.58. The maximum atomic E-state index is 4.76. The molecule has 1 saturated heterocycles. The van der Waals surface area contributed by atoms with Crippen molar-refractivity contribution in [2.24, 2.45) is 0 Å². The van der Waals surface area contributed by atoms with Gasteiger partial charge >= 0.3 is 0 Å². The third-order valence-electron chi connectivity index (χ3n) is 6.59. The molecule has 0 radical (unpaired) electrons. The van der Waals surface area contributed by atoms with Gasteiger partial charge in [-0.2, -0.15) is 0 Å². The summed E-state index contributed by atoms with van der Waals surface area (Å²) in [6.45, 7) is 8.17. The molecule has 0 atom stereocenters. The summed E-state index contributed by atoms with van der Waals surface area (Å²) in [5.74, 6) is 1.51. The Labute approximate surface area is 209 Å². The lowest BCUT2D eigenvalue weighted by Crippen LogP contribution is -2.44. The highest BCUT2D eigenvalue weighted by atomic mass is 15.4. The van der Waals surface area contributed by atoms with E-state index in [1.165, 1.54) is 0 Å². The van der Waals surface area contributed by atoms with Crippen LogP contribution in [0.5, 0.6) is 0 Å². The van der Waals surface area contributed by atoms with Crippen molar-refractivity contribution in [3.05, 3.63) is 55.0 Å². The smallest absolute Gasteiger partial charge is 0.227 e. The van der Waals surface area contributed by atoms with Crippen LogP contribution in [0.25, 0.3) is 33.2 Å². The van der Waals surface area contributed by atoms with Crippen LogP contribution in [-0.4, -0.2) is 73.1 Å². The fraction of sp³-hybridized carbons (Fsp3) is 0.308. The maximum absolute atomic E-state index is 4.76. The molecular formula is C26H28N10. The molecule has 4 heterocycles. The van der Waals surface area contributed by atoms with Gasteiger partial charge in [0.05, 0.1) is 16.7 Å². The molecular weight excluding hydrogens is 452 g/mol. The zero-order chi connectivity index (χ0) is 24.6. The van der Waals surface area contributed by atoms with Gasteiger partial charge in [0.15, 0.2) is 0 Å². The highest BCUT2D eigenvalue weighted by molar-refractivity contribution is 5.92. The second-order valence-electron chi connectivity index (χ2n) is 9.44. The number of likely N-dealkylation sites (N-methyl/N-ethyl adjacent to an activating group) is 1. The Hall–Kier alpha value is -4.18. The van der Waals surface area contributed by atoms with Crippen molar-refractivity contribution in [2.45, 2.75) is 19.9 Å². The van der Waals surface area contributed by atoms with Crippen LogP contribution in [0.4, 0.5) is 17.5 Å². The van der Waals surface area contributed by atoms with Crippen molar-refractivity contribution < 1.29 is 0 Å². The molecule has 2 aromatic carbocycles. The van der Waals surface area contributed by atoms with Crippen molar-refractivity contribution in [1.29, 1.82) is 0 Å². The SMILES string of the molecule is CC(C)n1nnc2ccc(-c3ccnc(Nc4ccc5c(N6CCN(C)CC6)ncnc5c4)n3)cc21. The molecule has 1 N–H and O–H groups in total. The van der Waals surface area contributed by atoms with Gasteiger partial charge < -0.3 is 15.1 Å². The van der Waals surface area contributed by atoms with Crippen molar-refractivity contribution in [1.82, 2.24) is 39.8 Å². The summed E-state index contributed by atoms with van der Waals surface area (Å²) in [5.41, 5.74) is 5.43. The molecule has 3 aromatic heterocycles. The number of aromatic nitrogens is 7. The summed E-state index contributed by atoms with van der Waals surface area (Å²) in [5, 5.41) is 12.9. The number of rotatable bonds is 5. The van der Waals surface area contributed by atoms with Crippen LogP contribution in [-0.2, 0) is 0 Å². The lowest BCUT2D eigenvalue weighted by molar-refractivity contribution is 0.312. The predicted molar refractivity (Wildman–Crippen MR) is 141 cm³/mol. The predicted octanol–water partition coefficient (Wildman–Crippen LogP) is 3.91. The van der Waals surface area contributed by atoms with Gasteiger partial charge in [0.2, 0.25) is 5.95 Å². The maximum Gasteiger partial charge on any atom is 0.227 e. The van der Waals surface area contributed by atoms with E-state index < -0.39 is 0 Å². The molecule has 0 bridgehead atoms. The molecule has 0 spiro atoms. The molecule has 0 unspecified atom stereocenters. The first kappa shape index (κ1) is 22.3. The summed E-state index contributed by atoms with van der Waals surface area (Å²) >= 11 is 0. The molecule has 10 nitrogen and oxygen atoms in total. The lowest BCUT2D eigenvalue weighted by atomic mass is 10.1. The van der Waals surface area contributed by atoms with E-state index in [1.807, 2.05) is 35.0 Å². The van der Waals surface area contributed by atoms with Crippen LogP contribution in [0.3, 0.4) is 0 Å². The number of hydrogen-bond donors (Lipinski definition) is 1. The summed E-state index contributed by atoms with van der Waals surface area (Å²) in [7, 11) is 2.15. The second kappa shape index (κ2) is 9.12. The van der Waals surface area contributed by atoms with Crippen LogP contribution in [0.1, 0.15) is 19.9 Å². The second-order valence-corrected chi connectivity index (χ2v) is 9.44. The summed E-state index contributed by atoms with van der Waals surface area (Å²) in [6, 6.07) is 14.3. The van der Waals surface area contributed by atoms with E-state index in [1.54, 1.807) is 12.5 Å². The largest absolute Gasteiger partial charge is 0.353 e. The van der Waals surface area contributed by atoms with Crippen LogP contribution in [0, 0.1) is 0 Å². The van der Waals surface area contributed by atoms with Crippen LogP contribution >= 0.6 is 0 Å². The molecule has 1 aliphatic rings. The Morgan fingerprint density at radius 2 is 1.75 bits per heavy atom. The van der Waals surface area contributed by atoms with Gasteiger partial charge in [0.1, 0.15) is 17.7 Å². The number of nitrogens with zero attached hydrogens (tertiary/aromatic N) is 9. The monoisotopic (exact) mass is 480 g/mol. The van der Waals surface area contributed by atoms with Gasteiger partial charge in [-0.05, 0) is 57.3 Å². The number of nitrogens with one attached hydrogen (secondary N) is 1. The quantitative estimate of drug-likeness (QED) is 0.401. The van der Waals surface area contributed by atoms with Crippen LogP contribution in [0.2, 0.25) is 0 Å². The Morgan fingerprint density at radius 1 is 0.889 bits per heavy atom. The Kier molecular flexibility index (Phi) is 5.65.